The van der Waals surface area contributed by atoms with E-state index in [-0.39, 0.29) is 42.9 Å². The summed E-state index contributed by atoms with van der Waals surface area (Å²) >= 11 is 0. The second-order valence-corrected chi connectivity index (χ2v) is 6.34. The van der Waals surface area contributed by atoms with Crippen LogP contribution in [-0.2, 0) is 9.53 Å². The fraction of sp³-hybridized carbons (Fsp3) is 0.933. The zero-order valence-electron chi connectivity index (χ0n) is 13.8. The number of amides is 1. The molecule has 0 aliphatic carbocycles. The minimum atomic E-state index is -0.212. The number of morpholine rings is 1. The highest BCUT2D eigenvalue weighted by Crippen LogP contribution is 2.17. The average Bonchev–Trinajstić information content (AvgIpc) is 2.45. The van der Waals surface area contributed by atoms with E-state index in [0.717, 1.165) is 32.1 Å². The van der Waals surface area contributed by atoms with Crippen LogP contribution in [0.5, 0.6) is 0 Å². The summed E-state index contributed by atoms with van der Waals surface area (Å²) in [5.74, 6) is 0.837. The Labute approximate surface area is 146 Å². The van der Waals surface area contributed by atoms with Crippen LogP contribution in [0.4, 0.5) is 0 Å². The molecule has 2 heterocycles. The van der Waals surface area contributed by atoms with Gasteiger partial charge < -0.3 is 15.4 Å². The van der Waals surface area contributed by atoms with Gasteiger partial charge in [-0.1, -0.05) is 6.92 Å². The predicted octanol–water partition coefficient (Wildman–Crippen LogP) is 1.44. The smallest absolute Gasteiger partial charge is 0.239 e. The molecular weight excluding hydrogens is 325 g/mol. The zero-order chi connectivity index (χ0) is 14.5. The molecular formula is C15H31Cl2N3O2. The van der Waals surface area contributed by atoms with Crippen molar-refractivity contribution in [2.24, 2.45) is 5.92 Å². The van der Waals surface area contributed by atoms with Gasteiger partial charge in [0.1, 0.15) is 6.04 Å². The van der Waals surface area contributed by atoms with Crippen LogP contribution < -0.4 is 10.6 Å². The molecule has 4 atom stereocenters. The number of hydrogen-bond acceptors (Lipinski definition) is 4. The van der Waals surface area contributed by atoms with E-state index in [1.807, 2.05) is 6.92 Å². The Kier molecular flexibility index (Phi) is 10.6. The molecule has 2 aliphatic heterocycles. The van der Waals surface area contributed by atoms with Gasteiger partial charge in [0, 0.05) is 25.7 Å². The molecule has 0 aromatic rings. The van der Waals surface area contributed by atoms with E-state index in [4.69, 9.17) is 4.74 Å². The van der Waals surface area contributed by atoms with Gasteiger partial charge in [0.15, 0.2) is 0 Å². The second-order valence-electron chi connectivity index (χ2n) is 6.34. The molecule has 1 amide bonds. The molecule has 7 heteroatoms. The number of hydrogen-bond donors (Lipinski definition) is 2. The third kappa shape index (κ3) is 6.20. The number of ether oxygens (including phenoxy) is 1. The van der Waals surface area contributed by atoms with Gasteiger partial charge in [-0.2, -0.15) is 0 Å². The monoisotopic (exact) mass is 355 g/mol. The quantitative estimate of drug-likeness (QED) is 0.801. The molecule has 0 bridgehead atoms. The molecule has 2 fully saturated rings. The van der Waals surface area contributed by atoms with Gasteiger partial charge in [0.2, 0.25) is 5.91 Å². The van der Waals surface area contributed by atoms with Crippen LogP contribution in [0.15, 0.2) is 0 Å². The van der Waals surface area contributed by atoms with Crippen LogP contribution in [0.2, 0.25) is 0 Å². The number of piperidine rings is 1. The van der Waals surface area contributed by atoms with Gasteiger partial charge in [0.05, 0.1) is 12.7 Å². The summed E-state index contributed by atoms with van der Waals surface area (Å²) in [6, 6.07) is 0.192. The van der Waals surface area contributed by atoms with Crippen LogP contribution in [0, 0.1) is 5.92 Å². The maximum absolute atomic E-state index is 12.2. The number of nitrogens with one attached hydrogen (secondary N) is 2. The summed E-state index contributed by atoms with van der Waals surface area (Å²) in [4.78, 5) is 14.7. The largest absolute Gasteiger partial charge is 0.375 e. The molecule has 22 heavy (non-hydrogen) atoms. The van der Waals surface area contributed by atoms with Crippen LogP contribution in [-0.4, -0.2) is 61.8 Å². The summed E-state index contributed by atoms with van der Waals surface area (Å²) in [5, 5.41) is 6.30. The van der Waals surface area contributed by atoms with Crippen molar-refractivity contribution in [2.75, 3.05) is 32.8 Å². The third-order valence-electron chi connectivity index (χ3n) is 4.48. The van der Waals surface area contributed by atoms with Crippen molar-refractivity contribution in [3.63, 3.8) is 0 Å². The Morgan fingerprint density at radius 3 is 2.77 bits per heavy atom. The Bertz CT molecular complexity index is 334. The maximum Gasteiger partial charge on any atom is 0.239 e. The summed E-state index contributed by atoms with van der Waals surface area (Å²) < 4.78 is 5.52. The van der Waals surface area contributed by atoms with E-state index in [0.29, 0.717) is 12.6 Å². The minimum absolute atomic E-state index is 0. The number of nitrogens with zero attached hydrogens (tertiary/aromatic N) is 1. The Morgan fingerprint density at radius 2 is 2.14 bits per heavy atom. The Morgan fingerprint density at radius 1 is 1.41 bits per heavy atom. The van der Waals surface area contributed by atoms with Crippen molar-refractivity contribution >= 4 is 30.7 Å². The fourth-order valence-corrected chi connectivity index (χ4v) is 3.14. The Hall–Kier alpha value is -0.0700. The third-order valence-corrected chi connectivity index (χ3v) is 4.48. The highest BCUT2D eigenvalue weighted by atomic mass is 35.5. The SMILES string of the molecule is CC1CCCN(C(C)CNC(=O)[C@H]2NCCO[C@@H]2C)C1.Cl.Cl. The van der Waals surface area contributed by atoms with Crippen molar-refractivity contribution in [1.82, 2.24) is 15.5 Å². The molecule has 2 N–H and O–H groups in total. The molecule has 2 saturated heterocycles. The molecule has 5 nitrogen and oxygen atoms in total. The molecule has 0 saturated carbocycles. The normalized spacial score (nSPS) is 30.6. The molecule has 0 spiro atoms. The van der Waals surface area contributed by atoms with Crippen molar-refractivity contribution < 1.29 is 9.53 Å². The van der Waals surface area contributed by atoms with Crippen LogP contribution in [0.1, 0.15) is 33.6 Å². The van der Waals surface area contributed by atoms with E-state index in [9.17, 15) is 4.79 Å². The lowest BCUT2D eigenvalue weighted by Crippen LogP contribution is -2.57. The lowest BCUT2D eigenvalue weighted by Gasteiger charge is -2.36. The molecule has 132 valence electrons. The van der Waals surface area contributed by atoms with Gasteiger partial charge >= 0.3 is 0 Å². The lowest BCUT2D eigenvalue weighted by atomic mass is 9.99. The molecule has 0 aromatic carbocycles. The summed E-state index contributed by atoms with van der Waals surface area (Å²) in [6.07, 6.45) is 2.55. The van der Waals surface area contributed by atoms with Gasteiger partial charge in [-0.3, -0.25) is 9.69 Å². The predicted molar refractivity (Wildman–Crippen MR) is 94.1 cm³/mol. The van der Waals surface area contributed by atoms with Gasteiger partial charge in [-0.15, -0.1) is 24.8 Å². The standard InChI is InChI=1S/C15H29N3O2.2ClH/c1-11-5-4-7-18(10-11)12(2)9-17-15(19)14-13(3)20-8-6-16-14;;/h11-14,16H,4-10H2,1-3H3,(H,17,19);2*1H/t11?,12?,13-,14+;;/m1../s1. The highest BCUT2D eigenvalue weighted by Gasteiger charge is 2.29. The lowest BCUT2D eigenvalue weighted by molar-refractivity contribution is -0.129. The van der Waals surface area contributed by atoms with Crippen molar-refractivity contribution in [1.29, 1.82) is 0 Å². The molecule has 2 aliphatic rings. The number of likely N-dealkylation sites (tertiary alicyclic amines) is 1. The first-order valence-corrected chi connectivity index (χ1v) is 7.94. The molecule has 0 radical (unpaired) electrons. The molecule has 2 rings (SSSR count). The molecule has 2 unspecified atom stereocenters. The summed E-state index contributed by atoms with van der Waals surface area (Å²) in [6.45, 7) is 10.9. The number of carbonyl (C=O) groups excluding carboxylic acids is 1. The summed E-state index contributed by atoms with van der Waals surface area (Å²) in [7, 11) is 0. The van der Waals surface area contributed by atoms with Gasteiger partial charge in [-0.25, -0.2) is 0 Å². The topological polar surface area (TPSA) is 53.6 Å². The van der Waals surface area contributed by atoms with E-state index >= 15 is 0 Å². The number of halogens is 2. The maximum atomic E-state index is 12.2. The van der Waals surface area contributed by atoms with E-state index < -0.39 is 0 Å². The van der Waals surface area contributed by atoms with E-state index in [2.05, 4.69) is 29.4 Å². The first-order valence-electron chi connectivity index (χ1n) is 7.94. The molecule has 0 aromatic heterocycles. The van der Waals surface area contributed by atoms with Crippen LogP contribution in [0.3, 0.4) is 0 Å². The average molecular weight is 356 g/mol. The van der Waals surface area contributed by atoms with E-state index in [1.54, 1.807) is 0 Å². The number of rotatable bonds is 4. The Balaban J connectivity index is 0.00000220. The van der Waals surface area contributed by atoms with Crippen LogP contribution >= 0.6 is 24.8 Å². The van der Waals surface area contributed by atoms with Crippen molar-refractivity contribution in [3.8, 4) is 0 Å². The van der Waals surface area contributed by atoms with Gasteiger partial charge in [0.25, 0.3) is 0 Å². The second kappa shape index (κ2) is 10.7. The van der Waals surface area contributed by atoms with Crippen molar-refractivity contribution in [3.05, 3.63) is 0 Å². The number of carbonyl (C=O) groups is 1. The first kappa shape index (κ1) is 21.9. The van der Waals surface area contributed by atoms with Gasteiger partial charge in [-0.05, 0) is 39.2 Å². The zero-order valence-corrected chi connectivity index (χ0v) is 15.5. The van der Waals surface area contributed by atoms with E-state index in [1.165, 1.54) is 12.8 Å². The first-order chi connectivity index (χ1) is 9.58. The summed E-state index contributed by atoms with van der Waals surface area (Å²) in [5.41, 5.74) is 0. The van der Waals surface area contributed by atoms with Crippen molar-refractivity contribution in [2.45, 2.75) is 51.8 Å². The minimum Gasteiger partial charge on any atom is -0.375 e. The fourth-order valence-electron chi connectivity index (χ4n) is 3.14. The van der Waals surface area contributed by atoms with Crippen LogP contribution in [0.25, 0.3) is 0 Å². The highest BCUT2D eigenvalue weighted by molar-refractivity contribution is 5.85.